The molecule has 0 aromatic heterocycles. The van der Waals surface area contributed by atoms with Crippen molar-refractivity contribution in [1.29, 1.82) is 0 Å². The van der Waals surface area contributed by atoms with Gasteiger partial charge in [0.05, 0.1) is 10.9 Å². The quantitative estimate of drug-likeness (QED) is 0.530. The molecule has 32 heavy (non-hydrogen) atoms. The van der Waals surface area contributed by atoms with E-state index in [-0.39, 0.29) is 10.5 Å². The van der Waals surface area contributed by atoms with E-state index in [1.54, 1.807) is 51.1 Å². The fraction of sp³-hybridized carbons (Fsp3) is 0.250. The Morgan fingerprint density at radius 2 is 1.41 bits per heavy atom. The summed E-state index contributed by atoms with van der Waals surface area (Å²) in [7, 11) is -4.49. The zero-order valence-electron chi connectivity index (χ0n) is 17.9. The van der Waals surface area contributed by atoms with Crippen LogP contribution in [0.5, 0.6) is 0 Å². The van der Waals surface area contributed by atoms with Gasteiger partial charge in [0.2, 0.25) is 10.0 Å². The molecule has 0 fully saturated rings. The number of nitrogens with one attached hydrogen (secondary N) is 1. The molecule has 0 aliphatic heterocycles. The van der Waals surface area contributed by atoms with Crippen molar-refractivity contribution in [2.24, 2.45) is 5.73 Å². The van der Waals surface area contributed by atoms with Crippen LogP contribution in [0.1, 0.15) is 28.3 Å². The predicted molar refractivity (Wildman–Crippen MR) is 120 cm³/mol. The monoisotopic (exact) mass is 462 g/mol. The summed E-state index contributed by atoms with van der Waals surface area (Å²) in [6, 6.07) is 14.6. The van der Waals surface area contributed by atoms with Crippen molar-refractivity contribution in [3.05, 3.63) is 89.0 Å². The third-order valence-corrected chi connectivity index (χ3v) is 6.99. The highest BCUT2D eigenvalue weighted by Gasteiger charge is 2.47. The van der Waals surface area contributed by atoms with Crippen molar-refractivity contribution in [1.82, 2.24) is 4.72 Å². The summed E-state index contributed by atoms with van der Waals surface area (Å²) in [5.41, 5.74) is 9.25. The zero-order valence-corrected chi connectivity index (χ0v) is 18.8. The first-order valence-corrected chi connectivity index (χ1v) is 11.5. The van der Waals surface area contributed by atoms with Crippen molar-refractivity contribution in [3.63, 3.8) is 0 Å². The Kier molecular flexibility index (Phi) is 6.78. The minimum Gasteiger partial charge on any atom is -0.322 e. The van der Waals surface area contributed by atoms with E-state index in [1.165, 1.54) is 6.07 Å². The molecule has 8 heteroatoms. The van der Waals surface area contributed by atoms with Gasteiger partial charge in [0, 0.05) is 0 Å². The molecule has 170 valence electrons. The molecular weight excluding hydrogens is 437 g/mol. The molecule has 2 atom stereocenters. The van der Waals surface area contributed by atoms with E-state index in [9.17, 15) is 21.6 Å². The van der Waals surface area contributed by atoms with Gasteiger partial charge in [-0.15, -0.1) is 0 Å². The van der Waals surface area contributed by atoms with Gasteiger partial charge in [-0.1, -0.05) is 66.2 Å². The summed E-state index contributed by atoms with van der Waals surface area (Å²) in [4.78, 5) is -0.164. The van der Waals surface area contributed by atoms with Gasteiger partial charge in [-0.3, -0.25) is 0 Å². The normalized spacial score (nSPS) is 14.2. The van der Waals surface area contributed by atoms with Crippen LogP contribution in [-0.2, 0) is 10.0 Å². The lowest BCUT2D eigenvalue weighted by molar-refractivity contribution is -0.156. The predicted octanol–water partition coefficient (Wildman–Crippen LogP) is 5.19. The Labute approximate surface area is 186 Å². The Morgan fingerprint density at radius 1 is 0.844 bits per heavy atom. The second kappa shape index (κ2) is 9.05. The van der Waals surface area contributed by atoms with Crippen molar-refractivity contribution < 1.29 is 21.6 Å². The van der Waals surface area contributed by atoms with E-state index in [0.29, 0.717) is 16.7 Å². The highest BCUT2D eigenvalue weighted by molar-refractivity contribution is 7.89. The second-order valence-corrected chi connectivity index (χ2v) is 9.54. The lowest BCUT2D eigenvalue weighted by Gasteiger charge is -2.28. The van der Waals surface area contributed by atoms with E-state index in [4.69, 9.17) is 5.73 Å². The number of hydrogen-bond donors (Lipinski definition) is 2. The van der Waals surface area contributed by atoms with Crippen LogP contribution in [0.2, 0.25) is 0 Å². The van der Waals surface area contributed by atoms with Gasteiger partial charge in [0.25, 0.3) is 0 Å². The summed E-state index contributed by atoms with van der Waals surface area (Å²) < 4.78 is 69.8. The molecule has 0 amide bonds. The van der Waals surface area contributed by atoms with E-state index < -0.39 is 28.3 Å². The first-order valence-electron chi connectivity index (χ1n) is 9.98. The van der Waals surface area contributed by atoms with E-state index in [2.05, 4.69) is 0 Å². The fourth-order valence-electron chi connectivity index (χ4n) is 3.91. The largest absolute Gasteiger partial charge is 0.406 e. The number of aryl methyl sites for hydroxylation is 3. The summed E-state index contributed by atoms with van der Waals surface area (Å²) in [5.74, 6) is 0. The number of nitrogens with two attached hydrogens (primary N) is 1. The molecule has 0 saturated heterocycles. The maximum absolute atomic E-state index is 14.0. The number of rotatable bonds is 6. The number of benzene rings is 3. The van der Waals surface area contributed by atoms with Gasteiger partial charge < -0.3 is 5.73 Å². The van der Waals surface area contributed by atoms with Gasteiger partial charge in [0.1, 0.15) is 6.04 Å². The van der Waals surface area contributed by atoms with Gasteiger partial charge >= 0.3 is 6.18 Å². The molecule has 3 aromatic rings. The summed E-state index contributed by atoms with van der Waals surface area (Å²) >= 11 is 0. The van der Waals surface area contributed by atoms with Crippen LogP contribution in [0.15, 0.2) is 71.6 Å². The second-order valence-electron chi connectivity index (χ2n) is 7.89. The van der Waals surface area contributed by atoms with Crippen molar-refractivity contribution in [2.45, 2.75) is 43.9 Å². The van der Waals surface area contributed by atoms with E-state index in [0.717, 1.165) is 11.1 Å². The molecule has 0 bridgehead atoms. The Balaban J connectivity index is 2.00. The Bertz CT molecular complexity index is 1190. The van der Waals surface area contributed by atoms with Crippen molar-refractivity contribution >= 4 is 10.0 Å². The summed E-state index contributed by atoms with van der Waals surface area (Å²) in [6.45, 7) is 4.90. The summed E-state index contributed by atoms with van der Waals surface area (Å²) in [5, 5.41) is 0. The molecule has 0 heterocycles. The van der Waals surface area contributed by atoms with Crippen molar-refractivity contribution in [3.8, 4) is 11.1 Å². The standard InChI is InChI=1S/C24H25F3N2O2S/c1-15-12-16(2)22(17(3)13-15)32(30,31)29-23(24(25,26)27)21(28)20-11-7-10-19(14-20)18-8-5-4-6-9-18/h4-14,21,23,29H,28H2,1-3H3. The van der Waals surface area contributed by atoms with Gasteiger partial charge in [-0.25, -0.2) is 8.42 Å². The van der Waals surface area contributed by atoms with Gasteiger partial charge in [0.15, 0.2) is 0 Å². The van der Waals surface area contributed by atoms with Crippen LogP contribution in [0.3, 0.4) is 0 Å². The highest BCUT2D eigenvalue weighted by atomic mass is 32.2. The van der Waals surface area contributed by atoms with E-state index in [1.807, 2.05) is 35.1 Å². The molecule has 0 aliphatic rings. The number of alkyl halides is 3. The Hall–Kier alpha value is -2.68. The molecule has 0 spiro atoms. The number of hydrogen-bond acceptors (Lipinski definition) is 3. The molecule has 3 N–H and O–H groups in total. The van der Waals surface area contributed by atoms with Gasteiger partial charge in [-0.05, 0) is 54.7 Å². The van der Waals surface area contributed by atoms with Crippen LogP contribution in [0, 0.1) is 20.8 Å². The Morgan fingerprint density at radius 3 is 1.97 bits per heavy atom. The average Bonchev–Trinajstić information content (AvgIpc) is 2.70. The van der Waals surface area contributed by atoms with Crippen LogP contribution >= 0.6 is 0 Å². The molecule has 3 aromatic carbocycles. The van der Waals surface area contributed by atoms with E-state index >= 15 is 0 Å². The molecule has 0 radical (unpaired) electrons. The van der Waals surface area contributed by atoms with Crippen molar-refractivity contribution in [2.75, 3.05) is 0 Å². The molecule has 4 nitrogen and oxygen atoms in total. The van der Waals surface area contributed by atoms with Crippen LogP contribution in [0.4, 0.5) is 13.2 Å². The smallest absolute Gasteiger partial charge is 0.322 e. The molecule has 3 rings (SSSR count). The maximum Gasteiger partial charge on any atom is 0.406 e. The van der Waals surface area contributed by atoms with Crippen LogP contribution in [0.25, 0.3) is 11.1 Å². The topological polar surface area (TPSA) is 72.2 Å². The maximum atomic E-state index is 14.0. The summed E-state index contributed by atoms with van der Waals surface area (Å²) in [6.07, 6.45) is -4.90. The third kappa shape index (κ3) is 5.20. The SMILES string of the molecule is Cc1cc(C)c(S(=O)(=O)NC(C(N)c2cccc(-c3ccccc3)c2)C(F)(F)F)c(C)c1. The van der Waals surface area contributed by atoms with Crippen LogP contribution < -0.4 is 10.5 Å². The molecular formula is C24H25F3N2O2S. The first-order chi connectivity index (χ1) is 14.9. The highest BCUT2D eigenvalue weighted by Crippen LogP contribution is 2.33. The number of halogens is 3. The lowest BCUT2D eigenvalue weighted by atomic mass is 9.96. The first kappa shape index (κ1) is 24.0. The van der Waals surface area contributed by atoms with Crippen LogP contribution in [-0.4, -0.2) is 20.6 Å². The fourth-order valence-corrected chi connectivity index (χ4v) is 5.61. The third-order valence-electron chi connectivity index (χ3n) is 5.25. The lowest BCUT2D eigenvalue weighted by Crippen LogP contribution is -2.51. The number of sulfonamides is 1. The molecule has 2 unspecified atom stereocenters. The molecule has 0 saturated carbocycles. The molecule has 0 aliphatic carbocycles. The minimum atomic E-state index is -4.90. The average molecular weight is 463 g/mol. The zero-order chi connectivity index (χ0) is 23.7. The van der Waals surface area contributed by atoms with Gasteiger partial charge in [-0.2, -0.15) is 17.9 Å². The minimum absolute atomic E-state index is 0.164.